The van der Waals surface area contributed by atoms with Crippen LogP contribution < -0.4 is 10.1 Å². The lowest BCUT2D eigenvalue weighted by Gasteiger charge is -2.28. The summed E-state index contributed by atoms with van der Waals surface area (Å²) in [5, 5.41) is 3.16. The molecule has 70 valence electrons. The van der Waals surface area contributed by atoms with Crippen LogP contribution in [-0.2, 0) is 0 Å². The minimum Gasteiger partial charge on any atom is -0.497 e. The summed E-state index contributed by atoms with van der Waals surface area (Å²) in [5.41, 5.74) is 0.714. The number of methoxy groups -OCH3 is 1. The fourth-order valence-electron chi connectivity index (χ4n) is 1.47. The van der Waals surface area contributed by atoms with Gasteiger partial charge in [0.05, 0.1) is 7.11 Å². The Morgan fingerprint density at radius 2 is 2.31 bits per heavy atom. The van der Waals surface area contributed by atoms with Crippen LogP contribution in [0.3, 0.4) is 0 Å². The molecule has 0 spiro atoms. The van der Waals surface area contributed by atoms with Crippen LogP contribution >= 0.6 is 0 Å². The fourth-order valence-corrected chi connectivity index (χ4v) is 1.47. The molecule has 0 unspecified atom stereocenters. The van der Waals surface area contributed by atoms with E-state index in [2.05, 4.69) is 5.32 Å². The maximum Gasteiger partial charge on any atom is 0.128 e. The van der Waals surface area contributed by atoms with Crippen LogP contribution in [0.15, 0.2) is 18.2 Å². The minimum atomic E-state index is -0.155. The van der Waals surface area contributed by atoms with E-state index < -0.39 is 0 Å². The first-order valence-electron chi connectivity index (χ1n) is 4.38. The SMILES string of the molecule is COc1ccc(F)c([C@@H]2CCN2)c1. The topological polar surface area (TPSA) is 21.3 Å². The molecule has 3 heteroatoms. The summed E-state index contributed by atoms with van der Waals surface area (Å²) < 4.78 is 18.3. The number of halogens is 1. The maximum absolute atomic E-state index is 13.3. The van der Waals surface area contributed by atoms with Gasteiger partial charge in [-0.05, 0) is 31.2 Å². The van der Waals surface area contributed by atoms with E-state index in [0.29, 0.717) is 11.3 Å². The van der Waals surface area contributed by atoms with Crippen molar-refractivity contribution in [3.8, 4) is 5.75 Å². The summed E-state index contributed by atoms with van der Waals surface area (Å²) in [4.78, 5) is 0. The third kappa shape index (κ3) is 1.52. The van der Waals surface area contributed by atoms with Crippen molar-refractivity contribution in [2.75, 3.05) is 13.7 Å². The Balaban J connectivity index is 2.30. The molecule has 1 aromatic rings. The van der Waals surface area contributed by atoms with Gasteiger partial charge in [-0.15, -0.1) is 0 Å². The molecule has 2 nitrogen and oxygen atoms in total. The Kier molecular flexibility index (Phi) is 2.19. The number of nitrogens with one attached hydrogen (secondary N) is 1. The van der Waals surface area contributed by atoms with Gasteiger partial charge in [-0.3, -0.25) is 0 Å². The third-order valence-corrected chi connectivity index (χ3v) is 2.40. The Morgan fingerprint density at radius 3 is 2.85 bits per heavy atom. The number of hydrogen-bond donors (Lipinski definition) is 1. The average Bonchev–Trinajstić information content (AvgIpc) is 2.06. The molecule has 0 radical (unpaired) electrons. The van der Waals surface area contributed by atoms with E-state index in [4.69, 9.17) is 4.74 Å². The van der Waals surface area contributed by atoms with Crippen LogP contribution in [0.2, 0.25) is 0 Å². The van der Waals surface area contributed by atoms with Crippen molar-refractivity contribution in [2.45, 2.75) is 12.5 Å². The summed E-state index contributed by atoms with van der Waals surface area (Å²) in [7, 11) is 1.59. The van der Waals surface area contributed by atoms with Crippen molar-refractivity contribution in [3.63, 3.8) is 0 Å². The van der Waals surface area contributed by atoms with Crippen LogP contribution in [0, 0.1) is 5.82 Å². The molecular formula is C10H12FNO. The predicted octanol–water partition coefficient (Wildman–Crippen LogP) is 1.87. The van der Waals surface area contributed by atoms with Gasteiger partial charge < -0.3 is 10.1 Å². The molecule has 2 rings (SSSR count). The lowest BCUT2D eigenvalue weighted by molar-refractivity contribution is 0.365. The van der Waals surface area contributed by atoms with Crippen LogP contribution in [0.4, 0.5) is 4.39 Å². The first kappa shape index (κ1) is 8.51. The van der Waals surface area contributed by atoms with Gasteiger partial charge in [-0.25, -0.2) is 4.39 Å². The van der Waals surface area contributed by atoms with Crippen molar-refractivity contribution in [2.24, 2.45) is 0 Å². The third-order valence-electron chi connectivity index (χ3n) is 2.40. The second-order valence-corrected chi connectivity index (χ2v) is 3.18. The van der Waals surface area contributed by atoms with Crippen molar-refractivity contribution < 1.29 is 9.13 Å². The van der Waals surface area contributed by atoms with Gasteiger partial charge in [-0.1, -0.05) is 0 Å². The normalized spacial score (nSPS) is 20.9. The van der Waals surface area contributed by atoms with Crippen LogP contribution in [0.25, 0.3) is 0 Å². The van der Waals surface area contributed by atoms with E-state index in [0.717, 1.165) is 13.0 Å². The van der Waals surface area contributed by atoms with E-state index in [1.807, 2.05) is 0 Å². The molecule has 1 aromatic carbocycles. The summed E-state index contributed by atoms with van der Waals surface area (Å²) in [6.45, 7) is 0.974. The highest BCUT2D eigenvalue weighted by Gasteiger charge is 2.21. The van der Waals surface area contributed by atoms with Gasteiger partial charge in [0.1, 0.15) is 11.6 Å². The molecule has 0 aromatic heterocycles. The van der Waals surface area contributed by atoms with Crippen molar-refractivity contribution in [1.82, 2.24) is 5.32 Å². The molecule has 1 saturated heterocycles. The predicted molar refractivity (Wildman–Crippen MR) is 48.3 cm³/mol. The lowest BCUT2D eigenvalue weighted by Crippen LogP contribution is -2.35. The number of hydrogen-bond acceptors (Lipinski definition) is 2. The minimum absolute atomic E-state index is 0.155. The van der Waals surface area contributed by atoms with Crippen molar-refractivity contribution in [1.29, 1.82) is 0 Å². The molecule has 1 N–H and O–H groups in total. The Labute approximate surface area is 76.7 Å². The molecule has 1 fully saturated rings. The second-order valence-electron chi connectivity index (χ2n) is 3.18. The Bertz CT molecular complexity index is 310. The molecular weight excluding hydrogens is 169 g/mol. The van der Waals surface area contributed by atoms with Crippen molar-refractivity contribution in [3.05, 3.63) is 29.6 Å². The molecule has 1 atom stereocenters. The highest BCUT2D eigenvalue weighted by Crippen LogP contribution is 2.28. The zero-order valence-corrected chi connectivity index (χ0v) is 7.51. The highest BCUT2D eigenvalue weighted by atomic mass is 19.1. The number of rotatable bonds is 2. The first-order chi connectivity index (χ1) is 6.31. The van der Waals surface area contributed by atoms with E-state index in [1.54, 1.807) is 19.2 Å². The molecule has 0 bridgehead atoms. The first-order valence-corrected chi connectivity index (χ1v) is 4.38. The van der Waals surface area contributed by atoms with E-state index in [-0.39, 0.29) is 11.9 Å². The standard InChI is InChI=1S/C10H12FNO/c1-13-7-2-3-9(11)8(6-7)10-4-5-12-10/h2-3,6,10,12H,4-5H2,1H3/t10-/m0/s1. The molecule has 13 heavy (non-hydrogen) atoms. The van der Waals surface area contributed by atoms with E-state index in [9.17, 15) is 4.39 Å². The van der Waals surface area contributed by atoms with E-state index in [1.165, 1.54) is 6.07 Å². The van der Waals surface area contributed by atoms with E-state index >= 15 is 0 Å². The quantitative estimate of drug-likeness (QED) is 0.752. The summed E-state index contributed by atoms with van der Waals surface area (Å²) in [6.07, 6.45) is 1.00. The van der Waals surface area contributed by atoms with Gasteiger partial charge in [0.25, 0.3) is 0 Å². The Hall–Kier alpha value is -1.09. The zero-order chi connectivity index (χ0) is 9.26. The molecule has 0 saturated carbocycles. The smallest absolute Gasteiger partial charge is 0.128 e. The van der Waals surface area contributed by atoms with Gasteiger partial charge in [0.15, 0.2) is 0 Å². The monoisotopic (exact) mass is 181 g/mol. The molecule has 1 aliphatic rings. The van der Waals surface area contributed by atoms with Gasteiger partial charge >= 0.3 is 0 Å². The molecule has 1 aliphatic heterocycles. The second kappa shape index (κ2) is 3.34. The van der Waals surface area contributed by atoms with Gasteiger partial charge in [-0.2, -0.15) is 0 Å². The molecule has 1 heterocycles. The van der Waals surface area contributed by atoms with Crippen LogP contribution in [-0.4, -0.2) is 13.7 Å². The molecule has 0 aliphatic carbocycles. The van der Waals surface area contributed by atoms with Gasteiger partial charge in [0.2, 0.25) is 0 Å². The maximum atomic E-state index is 13.3. The average molecular weight is 181 g/mol. The van der Waals surface area contributed by atoms with Gasteiger partial charge in [0, 0.05) is 11.6 Å². The fraction of sp³-hybridized carbons (Fsp3) is 0.400. The highest BCUT2D eigenvalue weighted by molar-refractivity contribution is 5.32. The van der Waals surface area contributed by atoms with Crippen molar-refractivity contribution >= 4 is 0 Å². The Morgan fingerprint density at radius 1 is 1.54 bits per heavy atom. The summed E-state index contributed by atoms with van der Waals surface area (Å²) >= 11 is 0. The molecule has 0 amide bonds. The number of ether oxygens (including phenoxy) is 1. The summed E-state index contributed by atoms with van der Waals surface area (Å²) in [5.74, 6) is 0.558. The zero-order valence-electron chi connectivity index (χ0n) is 7.51. The van der Waals surface area contributed by atoms with Crippen LogP contribution in [0.1, 0.15) is 18.0 Å². The largest absolute Gasteiger partial charge is 0.497 e. The lowest BCUT2D eigenvalue weighted by atomic mass is 9.97. The van der Waals surface area contributed by atoms with Crippen LogP contribution in [0.5, 0.6) is 5.75 Å². The summed E-state index contributed by atoms with van der Waals surface area (Å²) in [6, 6.07) is 5.02. The number of benzene rings is 1.